The van der Waals surface area contributed by atoms with Crippen LogP contribution in [0.3, 0.4) is 0 Å². The van der Waals surface area contributed by atoms with Crippen molar-refractivity contribution >= 4 is 54.4 Å². The Bertz CT molecular complexity index is 577. The summed E-state index contributed by atoms with van der Waals surface area (Å²) in [5, 5.41) is 0.839. The molecule has 0 spiro atoms. The van der Waals surface area contributed by atoms with Crippen LogP contribution >= 0.6 is 43.5 Å². The fourth-order valence-electron chi connectivity index (χ4n) is 1.29. The van der Waals surface area contributed by atoms with Gasteiger partial charge >= 0.3 is 5.63 Å². The summed E-state index contributed by atoms with van der Waals surface area (Å²) in [6, 6.07) is 5.44. The summed E-state index contributed by atoms with van der Waals surface area (Å²) in [5.41, 5.74) is 0.617. The van der Waals surface area contributed by atoms with E-state index in [-0.39, 0.29) is 11.5 Å². The molecule has 0 N–H and O–H groups in total. The predicted molar refractivity (Wildman–Crippen MR) is 67.4 cm³/mol. The van der Waals surface area contributed by atoms with Crippen LogP contribution < -0.4 is 5.63 Å². The monoisotopic (exact) mass is 350 g/mol. The molecule has 0 fully saturated rings. The molecule has 2 nitrogen and oxygen atoms in total. The minimum Gasteiger partial charge on any atom is -0.421 e. The molecule has 0 amide bonds. The van der Waals surface area contributed by atoms with Crippen molar-refractivity contribution < 1.29 is 4.42 Å². The Hall–Kier alpha value is -0.320. The fourth-order valence-corrected chi connectivity index (χ4v) is 2.82. The average Bonchev–Trinajstić information content (AvgIpc) is 2.18. The summed E-state index contributed by atoms with van der Waals surface area (Å²) in [7, 11) is 0. The van der Waals surface area contributed by atoms with E-state index in [4.69, 9.17) is 16.0 Å². The van der Waals surface area contributed by atoms with Gasteiger partial charge in [-0.25, -0.2) is 4.79 Å². The third-order valence-corrected chi connectivity index (χ3v) is 3.30. The lowest BCUT2D eigenvalue weighted by Gasteiger charge is -2.02. The van der Waals surface area contributed by atoms with Gasteiger partial charge in [-0.2, -0.15) is 0 Å². The highest BCUT2D eigenvalue weighted by atomic mass is 79.9. The van der Waals surface area contributed by atoms with Gasteiger partial charge in [0.1, 0.15) is 0 Å². The summed E-state index contributed by atoms with van der Waals surface area (Å²) >= 11 is 12.3. The Morgan fingerprint density at radius 2 is 2.00 bits per heavy atom. The Balaban J connectivity index is 2.87. The van der Waals surface area contributed by atoms with E-state index in [1.54, 1.807) is 6.07 Å². The number of hydrogen-bond acceptors (Lipinski definition) is 2. The molecule has 1 heterocycles. The van der Waals surface area contributed by atoms with Gasteiger partial charge in [-0.05, 0) is 34.1 Å². The van der Waals surface area contributed by atoms with Gasteiger partial charge in [-0.3, -0.25) is 0 Å². The highest BCUT2D eigenvalue weighted by molar-refractivity contribution is 9.11. The second-order valence-corrected chi connectivity index (χ2v) is 5.04. The molecule has 2 rings (SSSR count). The molecule has 0 bridgehead atoms. The molecule has 1 aromatic carbocycles. The van der Waals surface area contributed by atoms with E-state index < -0.39 is 0 Å². The van der Waals surface area contributed by atoms with Crippen LogP contribution in [0.25, 0.3) is 11.0 Å². The molecule has 0 aliphatic rings. The van der Waals surface area contributed by atoms with E-state index in [1.165, 1.54) is 0 Å². The Labute approximate surface area is 107 Å². The quantitative estimate of drug-likeness (QED) is 0.572. The molecule has 1 aromatic heterocycles. The second kappa shape index (κ2) is 4.28. The lowest BCUT2D eigenvalue weighted by Crippen LogP contribution is -2.04. The number of benzene rings is 1. The second-order valence-electron chi connectivity index (χ2n) is 3.00. The normalized spacial score (nSPS) is 10.9. The van der Waals surface area contributed by atoms with Gasteiger partial charge in [0.15, 0.2) is 5.58 Å². The van der Waals surface area contributed by atoms with Gasteiger partial charge in [0.05, 0.1) is 15.9 Å². The smallest absolute Gasteiger partial charge is 0.340 e. The van der Waals surface area contributed by atoms with E-state index >= 15 is 0 Å². The van der Waals surface area contributed by atoms with Crippen LogP contribution in [-0.2, 0) is 5.88 Å². The fraction of sp³-hybridized carbons (Fsp3) is 0.100. The summed E-state index contributed by atoms with van der Waals surface area (Å²) in [5.74, 6) is 0.155. The van der Waals surface area contributed by atoms with Crippen molar-refractivity contribution in [3.63, 3.8) is 0 Å². The maximum absolute atomic E-state index is 11.4. The zero-order valence-electron chi connectivity index (χ0n) is 7.39. The van der Waals surface area contributed by atoms with Gasteiger partial charge in [0.25, 0.3) is 0 Å². The number of fused-ring (bicyclic) bond motifs is 1. The molecule has 2 aromatic rings. The SMILES string of the molecule is O=c1oc2c(Br)cc(Br)cc2cc1CCl. The van der Waals surface area contributed by atoms with Crippen molar-refractivity contribution in [3.8, 4) is 0 Å². The summed E-state index contributed by atoms with van der Waals surface area (Å²) < 4.78 is 6.82. The van der Waals surface area contributed by atoms with Crippen molar-refractivity contribution in [1.82, 2.24) is 0 Å². The van der Waals surface area contributed by atoms with Crippen molar-refractivity contribution in [2.45, 2.75) is 5.88 Å². The lowest BCUT2D eigenvalue weighted by atomic mass is 10.2. The number of hydrogen-bond donors (Lipinski definition) is 0. The van der Waals surface area contributed by atoms with Crippen LogP contribution in [-0.4, -0.2) is 0 Å². The van der Waals surface area contributed by atoms with Crippen LogP contribution in [0.4, 0.5) is 0 Å². The minimum absolute atomic E-state index is 0.155. The minimum atomic E-state index is -0.388. The van der Waals surface area contributed by atoms with E-state index in [9.17, 15) is 4.79 Å². The van der Waals surface area contributed by atoms with Gasteiger partial charge in [-0.1, -0.05) is 15.9 Å². The van der Waals surface area contributed by atoms with Crippen molar-refractivity contribution in [3.05, 3.63) is 43.1 Å². The molecule has 0 unspecified atom stereocenters. The first-order chi connectivity index (χ1) is 7.11. The van der Waals surface area contributed by atoms with Crippen LogP contribution in [0, 0.1) is 0 Å². The maximum atomic E-state index is 11.4. The van der Waals surface area contributed by atoms with E-state index in [1.807, 2.05) is 12.1 Å². The molecule has 0 saturated heterocycles. The van der Waals surface area contributed by atoms with Gasteiger partial charge < -0.3 is 4.42 Å². The van der Waals surface area contributed by atoms with E-state index in [2.05, 4.69) is 31.9 Å². The van der Waals surface area contributed by atoms with Crippen LogP contribution in [0.15, 0.2) is 36.4 Å². The van der Waals surface area contributed by atoms with E-state index in [0.29, 0.717) is 11.1 Å². The van der Waals surface area contributed by atoms with Gasteiger partial charge in [0.2, 0.25) is 0 Å². The average molecular weight is 352 g/mol. The molecule has 0 aliphatic carbocycles. The Morgan fingerprint density at radius 3 is 2.67 bits per heavy atom. The molecule has 78 valence electrons. The number of halogens is 3. The highest BCUT2D eigenvalue weighted by Gasteiger charge is 2.07. The molecule has 0 radical (unpaired) electrons. The standard InChI is InChI=1S/C10H5Br2ClO2/c11-7-2-5-1-6(4-13)10(14)15-9(5)8(12)3-7/h1-3H,4H2. The molecule has 15 heavy (non-hydrogen) atoms. The first-order valence-corrected chi connectivity index (χ1v) is 6.21. The largest absolute Gasteiger partial charge is 0.421 e. The predicted octanol–water partition coefficient (Wildman–Crippen LogP) is 4.06. The zero-order valence-corrected chi connectivity index (χ0v) is 11.3. The lowest BCUT2D eigenvalue weighted by molar-refractivity contribution is 0.552. The Morgan fingerprint density at radius 1 is 1.27 bits per heavy atom. The topological polar surface area (TPSA) is 30.2 Å². The molecular weight excluding hydrogens is 347 g/mol. The Kier molecular flexibility index (Phi) is 3.19. The van der Waals surface area contributed by atoms with Gasteiger partial charge in [-0.15, -0.1) is 11.6 Å². The zero-order chi connectivity index (χ0) is 11.0. The first-order valence-electron chi connectivity index (χ1n) is 4.09. The first kappa shape index (κ1) is 11.2. The van der Waals surface area contributed by atoms with Crippen LogP contribution in [0.5, 0.6) is 0 Å². The molecule has 0 saturated carbocycles. The molecule has 0 aliphatic heterocycles. The van der Waals surface area contributed by atoms with Crippen molar-refractivity contribution in [1.29, 1.82) is 0 Å². The summed E-state index contributed by atoms with van der Waals surface area (Å²) in [6.07, 6.45) is 0. The molecule has 0 atom stereocenters. The number of alkyl halides is 1. The summed E-state index contributed by atoms with van der Waals surface area (Å²) in [6.45, 7) is 0. The molecular formula is C10H5Br2ClO2. The van der Waals surface area contributed by atoms with E-state index in [0.717, 1.165) is 14.3 Å². The highest BCUT2D eigenvalue weighted by Crippen LogP contribution is 2.28. The summed E-state index contributed by atoms with van der Waals surface area (Å²) in [4.78, 5) is 11.4. The maximum Gasteiger partial charge on any atom is 0.340 e. The van der Waals surface area contributed by atoms with Crippen LogP contribution in [0.2, 0.25) is 0 Å². The third-order valence-electron chi connectivity index (χ3n) is 1.97. The molecule has 5 heteroatoms. The van der Waals surface area contributed by atoms with Crippen molar-refractivity contribution in [2.24, 2.45) is 0 Å². The van der Waals surface area contributed by atoms with Crippen molar-refractivity contribution in [2.75, 3.05) is 0 Å². The third kappa shape index (κ3) is 2.12. The van der Waals surface area contributed by atoms with Crippen LogP contribution in [0.1, 0.15) is 5.56 Å². The van der Waals surface area contributed by atoms with Gasteiger partial charge in [0, 0.05) is 9.86 Å². The number of rotatable bonds is 1.